The summed E-state index contributed by atoms with van der Waals surface area (Å²) in [5, 5.41) is 27.7. The van der Waals surface area contributed by atoms with Crippen LogP contribution >= 0.6 is 0 Å². The van der Waals surface area contributed by atoms with E-state index in [0.717, 1.165) is 12.1 Å². The van der Waals surface area contributed by atoms with E-state index in [-0.39, 0.29) is 5.56 Å². The zero-order valence-corrected chi connectivity index (χ0v) is 10.0. The molecule has 0 amide bonds. The zero-order valence-electron chi connectivity index (χ0n) is 9.23. The summed E-state index contributed by atoms with van der Waals surface area (Å²) < 4.78 is 24.5. The van der Waals surface area contributed by atoms with Crippen molar-refractivity contribution in [3.05, 3.63) is 33.9 Å². The molecule has 0 aliphatic heterocycles. The van der Waals surface area contributed by atoms with E-state index in [1.165, 1.54) is 6.07 Å². The van der Waals surface area contributed by atoms with Gasteiger partial charge in [0.15, 0.2) is 5.75 Å². The van der Waals surface area contributed by atoms with Crippen LogP contribution in [0.4, 0.5) is 11.4 Å². The number of sulfonamides is 1. The molecule has 0 saturated heterocycles. The molecule has 10 heteroatoms. The van der Waals surface area contributed by atoms with E-state index in [9.17, 15) is 23.3 Å². The predicted octanol–water partition coefficient (Wildman–Crippen LogP) is 0.293. The SMILES string of the molecule is N#Cc1ccc(NS(=O)(=O)CC(=O)O)c([N+](=O)[O-])c1. The highest BCUT2D eigenvalue weighted by Crippen LogP contribution is 2.26. The predicted molar refractivity (Wildman–Crippen MR) is 62.9 cm³/mol. The van der Waals surface area contributed by atoms with E-state index >= 15 is 0 Å². The molecule has 0 heterocycles. The van der Waals surface area contributed by atoms with Gasteiger partial charge in [-0.2, -0.15) is 5.26 Å². The van der Waals surface area contributed by atoms with Crippen molar-refractivity contribution in [1.82, 2.24) is 0 Å². The van der Waals surface area contributed by atoms with E-state index in [4.69, 9.17) is 10.4 Å². The van der Waals surface area contributed by atoms with Gasteiger partial charge in [-0.25, -0.2) is 8.42 Å². The summed E-state index contributed by atoms with van der Waals surface area (Å²) >= 11 is 0. The van der Waals surface area contributed by atoms with Crippen molar-refractivity contribution in [2.75, 3.05) is 10.5 Å². The Kier molecular flexibility index (Phi) is 4.03. The summed E-state index contributed by atoms with van der Waals surface area (Å²) in [5.41, 5.74) is -1.05. The highest BCUT2D eigenvalue weighted by atomic mass is 32.2. The summed E-state index contributed by atoms with van der Waals surface area (Å²) in [5.74, 6) is -2.81. The van der Waals surface area contributed by atoms with Crippen molar-refractivity contribution >= 4 is 27.4 Å². The molecule has 0 fully saturated rings. The lowest BCUT2D eigenvalue weighted by molar-refractivity contribution is -0.383. The summed E-state index contributed by atoms with van der Waals surface area (Å²) in [4.78, 5) is 20.2. The average molecular weight is 285 g/mol. The van der Waals surface area contributed by atoms with Crippen LogP contribution in [0.15, 0.2) is 18.2 Å². The Morgan fingerprint density at radius 1 is 1.53 bits per heavy atom. The first-order valence-electron chi connectivity index (χ1n) is 4.66. The van der Waals surface area contributed by atoms with Crippen LogP contribution in [0.2, 0.25) is 0 Å². The minimum atomic E-state index is -4.25. The Morgan fingerprint density at radius 2 is 2.16 bits per heavy atom. The molecule has 0 atom stereocenters. The number of anilines is 1. The number of nitro groups is 1. The molecule has 1 aromatic carbocycles. The Morgan fingerprint density at radius 3 is 2.63 bits per heavy atom. The van der Waals surface area contributed by atoms with Crippen LogP contribution in [0.1, 0.15) is 5.56 Å². The van der Waals surface area contributed by atoms with E-state index in [1.807, 2.05) is 0 Å². The minimum Gasteiger partial charge on any atom is -0.480 e. The Bertz CT molecular complexity index is 676. The fraction of sp³-hybridized carbons (Fsp3) is 0.111. The first-order chi connectivity index (χ1) is 8.75. The van der Waals surface area contributed by atoms with Crippen molar-refractivity contribution in [2.24, 2.45) is 0 Å². The van der Waals surface area contributed by atoms with E-state index < -0.39 is 38.0 Å². The Labute approximate surface area is 107 Å². The number of aliphatic carboxylic acids is 1. The fourth-order valence-electron chi connectivity index (χ4n) is 1.20. The molecule has 9 nitrogen and oxygen atoms in total. The maximum atomic E-state index is 11.4. The second kappa shape index (κ2) is 5.32. The number of benzene rings is 1. The molecule has 0 aliphatic rings. The van der Waals surface area contributed by atoms with Gasteiger partial charge < -0.3 is 5.11 Å². The van der Waals surface area contributed by atoms with E-state index in [2.05, 4.69) is 0 Å². The molecule has 1 aromatic rings. The summed E-state index contributed by atoms with van der Waals surface area (Å²) in [6.45, 7) is 0. The zero-order chi connectivity index (χ0) is 14.6. The monoisotopic (exact) mass is 285 g/mol. The van der Waals surface area contributed by atoms with Gasteiger partial charge in [0.1, 0.15) is 5.69 Å². The van der Waals surface area contributed by atoms with E-state index in [0.29, 0.717) is 0 Å². The molecule has 2 N–H and O–H groups in total. The lowest BCUT2D eigenvalue weighted by Gasteiger charge is -2.06. The molecular formula is C9H7N3O6S. The maximum Gasteiger partial charge on any atom is 0.320 e. The van der Waals surface area contributed by atoms with E-state index in [1.54, 1.807) is 10.8 Å². The molecule has 0 radical (unpaired) electrons. The molecule has 0 spiro atoms. The summed E-state index contributed by atoms with van der Waals surface area (Å²) in [6, 6.07) is 4.75. The molecular weight excluding hydrogens is 278 g/mol. The second-order valence-electron chi connectivity index (χ2n) is 3.36. The number of rotatable bonds is 5. The Hall–Kier alpha value is -2.67. The first-order valence-corrected chi connectivity index (χ1v) is 6.31. The lowest BCUT2D eigenvalue weighted by atomic mass is 10.2. The summed E-state index contributed by atoms with van der Waals surface area (Å²) in [6.07, 6.45) is 0. The van der Waals surface area contributed by atoms with Gasteiger partial charge in [-0.15, -0.1) is 0 Å². The molecule has 0 aromatic heterocycles. The largest absolute Gasteiger partial charge is 0.480 e. The van der Waals surface area contributed by atoms with Crippen LogP contribution in [0.3, 0.4) is 0 Å². The van der Waals surface area contributed by atoms with Crippen LogP contribution in [-0.4, -0.2) is 30.2 Å². The number of carboxylic acid groups (broad SMARTS) is 1. The third kappa shape index (κ3) is 3.93. The molecule has 1 rings (SSSR count). The van der Waals surface area contributed by atoms with Gasteiger partial charge in [-0.3, -0.25) is 19.6 Å². The number of nitro benzene ring substituents is 1. The van der Waals surface area contributed by atoms with Crippen LogP contribution in [0.5, 0.6) is 0 Å². The fourth-order valence-corrected chi connectivity index (χ4v) is 2.11. The second-order valence-corrected chi connectivity index (χ2v) is 5.08. The number of nitrogens with zero attached hydrogens (tertiary/aromatic N) is 2. The van der Waals surface area contributed by atoms with Crippen LogP contribution < -0.4 is 4.72 Å². The lowest BCUT2D eigenvalue weighted by Crippen LogP contribution is -2.22. The van der Waals surface area contributed by atoms with Gasteiger partial charge >= 0.3 is 5.97 Å². The number of carbonyl (C=O) groups is 1. The van der Waals surface area contributed by atoms with Gasteiger partial charge in [0.25, 0.3) is 5.69 Å². The molecule has 0 aliphatic carbocycles. The number of nitrogens with one attached hydrogen (secondary N) is 1. The molecule has 100 valence electrons. The van der Waals surface area contributed by atoms with Crippen molar-refractivity contribution in [1.29, 1.82) is 5.26 Å². The van der Waals surface area contributed by atoms with Crippen molar-refractivity contribution in [3.63, 3.8) is 0 Å². The van der Waals surface area contributed by atoms with Gasteiger partial charge in [0.2, 0.25) is 10.0 Å². The number of hydrogen-bond acceptors (Lipinski definition) is 6. The van der Waals surface area contributed by atoms with Gasteiger partial charge in [0.05, 0.1) is 16.6 Å². The first kappa shape index (κ1) is 14.4. The van der Waals surface area contributed by atoms with Crippen LogP contribution in [0, 0.1) is 21.4 Å². The normalized spacial score (nSPS) is 10.5. The quantitative estimate of drug-likeness (QED) is 0.582. The third-order valence-electron chi connectivity index (χ3n) is 1.90. The molecule has 0 bridgehead atoms. The summed E-state index contributed by atoms with van der Waals surface area (Å²) in [7, 11) is -4.25. The standard InChI is InChI=1S/C9H7N3O6S/c10-4-6-1-2-7(8(3-6)12(15)16)11-19(17,18)5-9(13)14/h1-3,11H,5H2,(H,13,14). The minimum absolute atomic E-state index is 0.0205. The molecule has 19 heavy (non-hydrogen) atoms. The smallest absolute Gasteiger partial charge is 0.320 e. The van der Waals surface area contributed by atoms with Gasteiger partial charge in [0, 0.05) is 6.07 Å². The van der Waals surface area contributed by atoms with Crippen LogP contribution in [0.25, 0.3) is 0 Å². The van der Waals surface area contributed by atoms with Crippen molar-refractivity contribution < 1.29 is 23.2 Å². The maximum absolute atomic E-state index is 11.4. The number of hydrogen-bond donors (Lipinski definition) is 2. The number of nitriles is 1. The highest BCUT2D eigenvalue weighted by Gasteiger charge is 2.21. The van der Waals surface area contributed by atoms with Crippen molar-refractivity contribution in [3.8, 4) is 6.07 Å². The Balaban J connectivity index is 3.19. The third-order valence-corrected chi connectivity index (χ3v) is 3.06. The highest BCUT2D eigenvalue weighted by molar-refractivity contribution is 7.93. The van der Waals surface area contributed by atoms with Crippen molar-refractivity contribution in [2.45, 2.75) is 0 Å². The van der Waals surface area contributed by atoms with Gasteiger partial charge in [-0.1, -0.05) is 0 Å². The molecule has 0 unspecified atom stereocenters. The topological polar surface area (TPSA) is 150 Å². The molecule has 0 saturated carbocycles. The number of carboxylic acids is 1. The van der Waals surface area contributed by atoms with Gasteiger partial charge in [-0.05, 0) is 12.1 Å². The average Bonchev–Trinajstić information content (AvgIpc) is 2.26. The van der Waals surface area contributed by atoms with Crippen LogP contribution in [-0.2, 0) is 14.8 Å².